The van der Waals surface area contributed by atoms with Crippen LogP contribution in [0.15, 0.2) is 34.9 Å². The van der Waals surface area contributed by atoms with Crippen LogP contribution in [0.4, 0.5) is 0 Å². The Balaban J connectivity index is 2.32. The lowest BCUT2D eigenvalue weighted by molar-refractivity contribution is 0.126. The Morgan fingerprint density at radius 2 is 2.05 bits per heavy atom. The third-order valence-corrected chi connectivity index (χ3v) is 3.76. The zero-order valence-electron chi connectivity index (χ0n) is 12.2. The molecule has 5 heteroatoms. The molecule has 1 aromatic carbocycles. The second-order valence-corrected chi connectivity index (χ2v) is 5.10. The number of ether oxygens (including phenoxy) is 1. The zero-order valence-corrected chi connectivity index (χ0v) is 12.2. The van der Waals surface area contributed by atoms with Crippen LogP contribution in [-0.2, 0) is 10.2 Å². The molecule has 20 heavy (non-hydrogen) atoms. The molecule has 2 rings (SSSR count). The van der Waals surface area contributed by atoms with E-state index in [2.05, 4.69) is 17.1 Å². The van der Waals surface area contributed by atoms with Crippen molar-refractivity contribution in [2.45, 2.75) is 31.8 Å². The molecule has 0 amide bonds. The molecule has 2 N–H and O–H groups in total. The first-order chi connectivity index (χ1) is 9.64. The fourth-order valence-electron chi connectivity index (χ4n) is 1.99. The lowest BCUT2D eigenvalue weighted by Gasteiger charge is -2.20. The fourth-order valence-corrected chi connectivity index (χ4v) is 1.99. The topological polar surface area (TPSA) is 74.2 Å². The standard InChI is InChI=1S/C15H21N3O2/c1-4-15(2,10-16)14-17-13(18-20-14)12(19-3)11-8-6-5-7-9-11/h5-9,12H,4,10,16H2,1-3H3. The fraction of sp³-hybridized carbons (Fsp3) is 0.467. The zero-order chi connectivity index (χ0) is 14.6. The van der Waals surface area contributed by atoms with Crippen molar-refractivity contribution >= 4 is 0 Å². The van der Waals surface area contributed by atoms with Crippen LogP contribution in [-0.4, -0.2) is 23.8 Å². The highest BCUT2D eigenvalue weighted by molar-refractivity contribution is 5.23. The molecule has 0 bridgehead atoms. The van der Waals surface area contributed by atoms with E-state index in [1.807, 2.05) is 37.3 Å². The number of hydrogen-bond donors (Lipinski definition) is 1. The summed E-state index contributed by atoms with van der Waals surface area (Å²) in [6.07, 6.45) is 0.515. The molecule has 108 valence electrons. The lowest BCUT2D eigenvalue weighted by atomic mass is 9.88. The van der Waals surface area contributed by atoms with Crippen LogP contribution >= 0.6 is 0 Å². The normalized spacial score (nSPS) is 15.8. The molecular formula is C15H21N3O2. The van der Waals surface area contributed by atoms with Crippen LogP contribution in [0.1, 0.15) is 43.7 Å². The first-order valence-electron chi connectivity index (χ1n) is 6.76. The maximum atomic E-state index is 5.82. The maximum absolute atomic E-state index is 5.82. The minimum atomic E-state index is -0.326. The van der Waals surface area contributed by atoms with Gasteiger partial charge in [-0.25, -0.2) is 0 Å². The minimum absolute atomic E-state index is 0.291. The minimum Gasteiger partial charge on any atom is -0.369 e. The van der Waals surface area contributed by atoms with Crippen LogP contribution in [0.5, 0.6) is 0 Å². The van der Waals surface area contributed by atoms with E-state index in [9.17, 15) is 0 Å². The van der Waals surface area contributed by atoms with Gasteiger partial charge in [0, 0.05) is 13.7 Å². The summed E-state index contributed by atoms with van der Waals surface area (Å²) in [5, 5.41) is 4.06. The predicted molar refractivity (Wildman–Crippen MR) is 76.3 cm³/mol. The van der Waals surface area contributed by atoms with E-state index in [1.165, 1.54) is 0 Å². The molecule has 2 unspecified atom stereocenters. The molecule has 0 fully saturated rings. The third kappa shape index (κ3) is 2.73. The molecule has 5 nitrogen and oxygen atoms in total. The number of benzene rings is 1. The summed E-state index contributed by atoms with van der Waals surface area (Å²) in [6.45, 7) is 4.55. The molecular weight excluding hydrogens is 254 g/mol. The van der Waals surface area contributed by atoms with Crippen LogP contribution in [0.25, 0.3) is 0 Å². The monoisotopic (exact) mass is 275 g/mol. The SMILES string of the molecule is CCC(C)(CN)c1nc(C(OC)c2ccccc2)no1. The predicted octanol–water partition coefficient (Wildman–Crippen LogP) is 2.43. The number of methoxy groups -OCH3 is 1. The van der Waals surface area contributed by atoms with Crippen molar-refractivity contribution in [2.75, 3.05) is 13.7 Å². The van der Waals surface area contributed by atoms with Gasteiger partial charge in [0.1, 0.15) is 6.10 Å². The highest BCUT2D eigenvalue weighted by Gasteiger charge is 2.31. The van der Waals surface area contributed by atoms with E-state index in [-0.39, 0.29) is 11.5 Å². The van der Waals surface area contributed by atoms with Gasteiger partial charge in [0.05, 0.1) is 5.41 Å². The van der Waals surface area contributed by atoms with Crippen LogP contribution in [0.3, 0.4) is 0 Å². The van der Waals surface area contributed by atoms with Gasteiger partial charge in [-0.1, -0.05) is 42.4 Å². The van der Waals surface area contributed by atoms with Gasteiger partial charge in [0.25, 0.3) is 0 Å². The largest absolute Gasteiger partial charge is 0.369 e. The highest BCUT2D eigenvalue weighted by Crippen LogP contribution is 2.28. The van der Waals surface area contributed by atoms with Crippen LogP contribution < -0.4 is 5.73 Å². The van der Waals surface area contributed by atoms with E-state index >= 15 is 0 Å². The van der Waals surface area contributed by atoms with E-state index in [0.29, 0.717) is 18.3 Å². The van der Waals surface area contributed by atoms with Crippen molar-refractivity contribution < 1.29 is 9.26 Å². The Morgan fingerprint density at radius 3 is 2.60 bits per heavy atom. The van der Waals surface area contributed by atoms with Crippen LogP contribution in [0, 0.1) is 0 Å². The highest BCUT2D eigenvalue weighted by atomic mass is 16.5. The van der Waals surface area contributed by atoms with Gasteiger partial charge in [-0.3, -0.25) is 0 Å². The van der Waals surface area contributed by atoms with Crippen molar-refractivity contribution in [2.24, 2.45) is 5.73 Å². The van der Waals surface area contributed by atoms with Gasteiger partial charge < -0.3 is 15.0 Å². The summed E-state index contributed by atoms with van der Waals surface area (Å²) >= 11 is 0. The quantitative estimate of drug-likeness (QED) is 0.876. The number of aromatic nitrogens is 2. The Morgan fingerprint density at radius 1 is 1.35 bits per heavy atom. The van der Waals surface area contributed by atoms with Gasteiger partial charge in [-0.2, -0.15) is 4.98 Å². The summed E-state index contributed by atoms with van der Waals surface area (Å²) in [7, 11) is 1.63. The summed E-state index contributed by atoms with van der Waals surface area (Å²) in [4.78, 5) is 4.49. The van der Waals surface area contributed by atoms with Crippen LogP contribution in [0.2, 0.25) is 0 Å². The number of nitrogens with two attached hydrogens (primary N) is 1. The van der Waals surface area contributed by atoms with Crippen molar-refractivity contribution in [1.82, 2.24) is 10.1 Å². The second kappa shape index (κ2) is 6.15. The third-order valence-electron chi connectivity index (χ3n) is 3.76. The summed E-state index contributed by atoms with van der Waals surface area (Å²) in [5.41, 5.74) is 6.52. The molecule has 0 saturated heterocycles. The molecule has 0 aliphatic carbocycles. The molecule has 0 saturated carbocycles. The van der Waals surface area contributed by atoms with Gasteiger partial charge in [-0.15, -0.1) is 0 Å². The summed E-state index contributed by atoms with van der Waals surface area (Å²) in [5.74, 6) is 1.09. The van der Waals surface area contributed by atoms with E-state index in [1.54, 1.807) is 7.11 Å². The molecule has 0 aliphatic heterocycles. The number of nitrogens with zero attached hydrogens (tertiary/aromatic N) is 2. The molecule has 1 aromatic heterocycles. The van der Waals surface area contributed by atoms with Crippen molar-refractivity contribution in [3.63, 3.8) is 0 Å². The lowest BCUT2D eigenvalue weighted by Crippen LogP contribution is -2.31. The average Bonchev–Trinajstić information content (AvgIpc) is 2.98. The van der Waals surface area contributed by atoms with E-state index in [4.69, 9.17) is 15.0 Å². The molecule has 0 radical (unpaired) electrons. The number of hydrogen-bond acceptors (Lipinski definition) is 5. The first-order valence-corrected chi connectivity index (χ1v) is 6.76. The molecule has 0 spiro atoms. The van der Waals surface area contributed by atoms with Gasteiger partial charge in [0.2, 0.25) is 11.7 Å². The molecule has 2 aromatic rings. The molecule has 1 heterocycles. The Bertz CT molecular complexity index is 535. The Labute approximate surface area is 119 Å². The Hall–Kier alpha value is -1.72. The number of rotatable bonds is 6. The second-order valence-electron chi connectivity index (χ2n) is 5.10. The smallest absolute Gasteiger partial charge is 0.233 e. The molecule has 2 atom stereocenters. The average molecular weight is 275 g/mol. The van der Waals surface area contributed by atoms with E-state index in [0.717, 1.165) is 12.0 Å². The van der Waals surface area contributed by atoms with Crippen molar-refractivity contribution in [3.05, 3.63) is 47.6 Å². The van der Waals surface area contributed by atoms with Gasteiger partial charge in [-0.05, 0) is 18.9 Å². The summed E-state index contributed by atoms with van der Waals surface area (Å²) in [6, 6.07) is 9.83. The van der Waals surface area contributed by atoms with Gasteiger partial charge in [0.15, 0.2) is 0 Å². The van der Waals surface area contributed by atoms with E-state index < -0.39 is 0 Å². The van der Waals surface area contributed by atoms with Crippen molar-refractivity contribution in [3.8, 4) is 0 Å². The van der Waals surface area contributed by atoms with Crippen molar-refractivity contribution in [1.29, 1.82) is 0 Å². The van der Waals surface area contributed by atoms with Gasteiger partial charge >= 0.3 is 0 Å². The molecule has 0 aliphatic rings. The summed E-state index contributed by atoms with van der Waals surface area (Å²) < 4.78 is 10.9. The maximum Gasteiger partial charge on any atom is 0.233 e. The first kappa shape index (κ1) is 14.7. The Kier molecular flexibility index (Phi) is 4.52.